The number of thioether (sulfide) groups is 1. The van der Waals surface area contributed by atoms with Crippen LogP contribution in [0.25, 0.3) is 0 Å². The number of nitrogens with zero attached hydrogens (tertiary/aromatic N) is 2. The van der Waals surface area contributed by atoms with Gasteiger partial charge in [-0.2, -0.15) is 0 Å². The molecule has 0 aromatic carbocycles. The molecule has 2 aromatic heterocycles. The van der Waals surface area contributed by atoms with Crippen LogP contribution < -0.4 is 11.5 Å². The van der Waals surface area contributed by atoms with Gasteiger partial charge >= 0.3 is 0 Å². The molecule has 0 radical (unpaired) electrons. The molecule has 4 N–H and O–H groups in total. The number of hydrogen-bond donors (Lipinski definition) is 2. The van der Waals surface area contributed by atoms with Crippen molar-refractivity contribution in [3.05, 3.63) is 41.0 Å². The molecule has 6 heteroatoms. The van der Waals surface area contributed by atoms with E-state index in [0.29, 0.717) is 11.6 Å². The number of aromatic nitrogens is 2. The fourth-order valence-corrected chi connectivity index (χ4v) is 2.08. The minimum absolute atomic E-state index is 0.541. The molecule has 0 unspecified atom stereocenters. The van der Waals surface area contributed by atoms with Gasteiger partial charge in [0.25, 0.3) is 0 Å². The maximum atomic E-state index is 5.46. The first-order valence-corrected chi connectivity index (χ1v) is 7.13. The van der Waals surface area contributed by atoms with Crippen molar-refractivity contribution in [3.8, 4) is 0 Å². The third-order valence-electron chi connectivity index (χ3n) is 1.77. The quantitative estimate of drug-likeness (QED) is 0.654. The summed E-state index contributed by atoms with van der Waals surface area (Å²) < 4.78 is 0.775. The number of anilines is 2. The molecule has 96 valence electrons. The van der Waals surface area contributed by atoms with Gasteiger partial charge in [0.15, 0.2) is 0 Å². The molecule has 0 saturated carbocycles. The summed E-state index contributed by atoms with van der Waals surface area (Å²) >= 11 is 4.87. The molecular formula is C12H15BrN4S. The molecule has 0 amide bonds. The molecule has 0 spiro atoms. The van der Waals surface area contributed by atoms with Crippen molar-refractivity contribution < 1.29 is 0 Å². The smallest absolute Gasteiger partial charge is 0.124 e. The summed E-state index contributed by atoms with van der Waals surface area (Å²) in [6, 6.07) is 11.1. The first-order chi connectivity index (χ1) is 8.61. The minimum atomic E-state index is 0.541. The second-order valence-electron chi connectivity index (χ2n) is 3.22. The Balaban J connectivity index is 0.000000184. The third kappa shape index (κ3) is 5.88. The molecule has 0 aliphatic rings. The van der Waals surface area contributed by atoms with E-state index in [1.807, 2.05) is 24.3 Å². The lowest BCUT2D eigenvalue weighted by molar-refractivity contribution is 1.14. The molecular weight excluding hydrogens is 312 g/mol. The number of halogens is 1. The van der Waals surface area contributed by atoms with Crippen LogP contribution in [0.4, 0.5) is 11.6 Å². The summed E-state index contributed by atoms with van der Waals surface area (Å²) in [6.07, 6.45) is 0. The van der Waals surface area contributed by atoms with Gasteiger partial charge in [-0.15, -0.1) is 11.8 Å². The van der Waals surface area contributed by atoms with Gasteiger partial charge in [-0.25, -0.2) is 9.97 Å². The Morgan fingerprint density at radius 1 is 1.06 bits per heavy atom. The minimum Gasteiger partial charge on any atom is -0.384 e. The predicted octanol–water partition coefficient (Wildman–Crippen LogP) is 3.20. The van der Waals surface area contributed by atoms with Gasteiger partial charge in [-0.3, -0.25) is 0 Å². The number of nitrogens with two attached hydrogens (primary N) is 2. The summed E-state index contributed by atoms with van der Waals surface area (Å²) in [5, 5.41) is 1.00. The lowest BCUT2D eigenvalue weighted by atomic mass is 10.5. The zero-order valence-corrected chi connectivity index (χ0v) is 12.4. The SMILES string of the molecule is CCSc1cccc(N)n1.Nc1cccc(Br)n1. The summed E-state index contributed by atoms with van der Waals surface area (Å²) in [5.74, 6) is 2.18. The van der Waals surface area contributed by atoms with Crippen molar-refractivity contribution >= 4 is 39.3 Å². The zero-order valence-electron chi connectivity index (χ0n) is 10.0. The molecule has 0 aliphatic heterocycles. The number of nitrogen functional groups attached to an aromatic ring is 2. The Hall–Kier alpha value is -1.27. The molecule has 0 bridgehead atoms. The number of rotatable bonds is 2. The monoisotopic (exact) mass is 326 g/mol. The Labute approximate surface area is 119 Å². The second-order valence-corrected chi connectivity index (χ2v) is 5.32. The Morgan fingerprint density at radius 3 is 2.11 bits per heavy atom. The van der Waals surface area contributed by atoms with E-state index in [9.17, 15) is 0 Å². The van der Waals surface area contributed by atoms with E-state index >= 15 is 0 Å². The van der Waals surface area contributed by atoms with Crippen molar-refractivity contribution in [2.24, 2.45) is 0 Å². The van der Waals surface area contributed by atoms with Crippen molar-refractivity contribution in [2.75, 3.05) is 17.2 Å². The van der Waals surface area contributed by atoms with Crippen LogP contribution in [0.5, 0.6) is 0 Å². The van der Waals surface area contributed by atoms with E-state index in [2.05, 4.69) is 32.8 Å². The highest BCUT2D eigenvalue weighted by Crippen LogP contribution is 2.14. The van der Waals surface area contributed by atoms with Crippen LogP contribution in [-0.2, 0) is 0 Å². The Bertz CT molecular complexity index is 476. The highest BCUT2D eigenvalue weighted by atomic mass is 79.9. The molecule has 0 saturated heterocycles. The lowest BCUT2D eigenvalue weighted by Gasteiger charge is -1.96. The van der Waals surface area contributed by atoms with Crippen molar-refractivity contribution in [3.63, 3.8) is 0 Å². The van der Waals surface area contributed by atoms with Gasteiger partial charge in [0.2, 0.25) is 0 Å². The third-order valence-corrected chi connectivity index (χ3v) is 3.03. The predicted molar refractivity (Wildman–Crippen MR) is 81.4 cm³/mol. The normalized spacial score (nSPS) is 9.44. The summed E-state index contributed by atoms with van der Waals surface area (Å²) in [7, 11) is 0. The van der Waals surface area contributed by atoms with Crippen LogP contribution in [0.15, 0.2) is 46.0 Å². The van der Waals surface area contributed by atoms with Gasteiger partial charge in [0.05, 0.1) is 5.03 Å². The van der Waals surface area contributed by atoms with Crippen molar-refractivity contribution in [1.29, 1.82) is 0 Å². The van der Waals surface area contributed by atoms with Gasteiger partial charge in [0, 0.05) is 0 Å². The van der Waals surface area contributed by atoms with E-state index in [-0.39, 0.29) is 0 Å². The van der Waals surface area contributed by atoms with Crippen molar-refractivity contribution in [2.45, 2.75) is 11.9 Å². The van der Waals surface area contributed by atoms with E-state index in [1.165, 1.54) is 0 Å². The van der Waals surface area contributed by atoms with Crippen LogP contribution in [0.2, 0.25) is 0 Å². The van der Waals surface area contributed by atoms with Crippen molar-refractivity contribution in [1.82, 2.24) is 9.97 Å². The van der Waals surface area contributed by atoms with Gasteiger partial charge in [0.1, 0.15) is 16.2 Å². The van der Waals surface area contributed by atoms with Crippen LogP contribution in [-0.4, -0.2) is 15.7 Å². The summed E-state index contributed by atoms with van der Waals surface area (Å²) in [5.41, 5.74) is 10.8. The fourth-order valence-electron chi connectivity index (χ4n) is 1.08. The fraction of sp³-hybridized carbons (Fsp3) is 0.167. The average Bonchev–Trinajstić information content (AvgIpc) is 2.30. The zero-order chi connectivity index (χ0) is 13.4. The highest BCUT2D eigenvalue weighted by molar-refractivity contribution is 9.10. The summed E-state index contributed by atoms with van der Waals surface area (Å²) in [6.45, 7) is 2.09. The molecule has 2 aromatic rings. The van der Waals surface area contributed by atoms with Crippen LogP contribution in [0.3, 0.4) is 0 Å². The first-order valence-electron chi connectivity index (χ1n) is 5.35. The average molecular weight is 327 g/mol. The van der Waals surface area contributed by atoms with Crippen LogP contribution in [0.1, 0.15) is 6.92 Å². The molecule has 0 atom stereocenters. The standard InChI is InChI=1S/C7H10N2S.C5H5BrN2/c1-2-10-7-5-3-4-6(8)9-7;6-4-2-1-3-5(7)8-4/h3-5H,2H2,1H3,(H2,8,9);1-3H,(H2,7,8). The van der Waals surface area contributed by atoms with Crippen LogP contribution >= 0.6 is 27.7 Å². The van der Waals surface area contributed by atoms with Gasteiger partial charge in [-0.05, 0) is 45.9 Å². The van der Waals surface area contributed by atoms with E-state index in [1.54, 1.807) is 23.9 Å². The lowest BCUT2D eigenvalue weighted by Crippen LogP contribution is -1.89. The maximum Gasteiger partial charge on any atom is 0.124 e. The molecule has 2 heterocycles. The number of pyridine rings is 2. The first kappa shape index (κ1) is 14.8. The molecule has 0 fully saturated rings. The van der Waals surface area contributed by atoms with Crippen LogP contribution in [0, 0.1) is 0 Å². The van der Waals surface area contributed by atoms with E-state index in [4.69, 9.17) is 11.5 Å². The molecule has 0 aliphatic carbocycles. The Kier molecular flexibility index (Phi) is 6.53. The molecule has 18 heavy (non-hydrogen) atoms. The molecule has 2 rings (SSSR count). The summed E-state index contributed by atoms with van der Waals surface area (Å²) in [4.78, 5) is 7.97. The maximum absolute atomic E-state index is 5.46. The molecule has 4 nitrogen and oxygen atoms in total. The van der Waals surface area contributed by atoms with E-state index < -0.39 is 0 Å². The van der Waals surface area contributed by atoms with E-state index in [0.717, 1.165) is 15.4 Å². The van der Waals surface area contributed by atoms with Gasteiger partial charge < -0.3 is 11.5 Å². The Morgan fingerprint density at radius 2 is 1.67 bits per heavy atom. The van der Waals surface area contributed by atoms with Gasteiger partial charge in [-0.1, -0.05) is 19.1 Å². The number of hydrogen-bond acceptors (Lipinski definition) is 5. The highest BCUT2D eigenvalue weighted by Gasteiger charge is 1.91. The second kappa shape index (κ2) is 7.94. The largest absolute Gasteiger partial charge is 0.384 e. The topological polar surface area (TPSA) is 77.8 Å².